The van der Waals surface area contributed by atoms with Crippen LogP contribution in [0.5, 0.6) is 5.75 Å². The van der Waals surface area contributed by atoms with Gasteiger partial charge in [-0.05, 0) is 50.4 Å². The van der Waals surface area contributed by atoms with Gasteiger partial charge in [-0.25, -0.2) is 4.39 Å². The lowest BCUT2D eigenvalue weighted by atomic mass is 10.0. The van der Waals surface area contributed by atoms with Crippen molar-refractivity contribution in [1.82, 2.24) is 4.90 Å². The van der Waals surface area contributed by atoms with Gasteiger partial charge >= 0.3 is 0 Å². The molecule has 1 atom stereocenters. The molecule has 106 valence electrons. The summed E-state index contributed by atoms with van der Waals surface area (Å²) in [5.74, 6) is 0.0826. The lowest BCUT2D eigenvalue weighted by Gasteiger charge is -2.23. The molecule has 1 heterocycles. The van der Waals surface area contributed by atoms with Crippen LogP contribution in [0.2, 0.25) is 0 Å². The zero-order valence-electron chi connectivity index (χ0n) is 11.6. The van der Waals surface area contributed by atoms with Crippen molar-refractivity contribution in [2.24, 2.45) is 5.73 Å². The zero-order chi connectivity index (χ0) is 13.7. The van der Waals surface area contributed by atoms with Gasteiger partial charge < -0.3 is 10.5 Å². The molecule has 1 unspecified atom stereocenters. The van der Waals surface area contributed by atoms with E-state index in [2.05, 4.69) is 4.90 Å². The second-order valence-electron chi connectivity index (χ2n) is 5.02. The third-order valence-corrected chi connectivity index (χ3v) is 3.68. The Kier molecular flexibility index (Phi) is 5.16. The third-order valence-electron chi connectivity index (χ3n) is 3.68. The van der Waals surface area contributed by atoms with Crippen LogP contribution in [0, 0.1) is 5.82 Å². The molecule has 0 spiro atoms. The van der Waals surface area contributed by atoms with Crippen LogP contribution in [-0.4, -0.2) is 37.2 Å². The standard InChI is InChI=1S/C15H23FN2O/c1-2-19-15-6-5-12(11-14(15)16)10-13-4-3-8-18(13)9-7-17/h5-6,11,13H,2-4,7-10,17H2,1H3. The lowest BCUT2D eigenvalue weighted by Crippen LogP contribution is -2.35. The first kappa shape index (κ1) is 14.3. The molecule has 0 aromatic heterocycles. The van der Waals surface area contributed by atoms with Crippen molar-refractivity contribution in [2.45, 2.75) is 32.2 Å². The molecule has 2 rings (SSSR count). The van der Waals surface area contributed by atoms with Gasteiger partial charge in [0.2, 0.25) is 0 Å². The van der Waals surface area contributed by atoms with Gasteiger partial charge in [-0.1, -0.05) is 6.07 Å². The maximum absolute atomic E-state index is 13.8. The Morgan fingerprint density at radius 2 is 2.32 bits per heavy atom. The van der Waals surface area contributed by atoms with Crippen molar-refractivity contribution in [3.63, 3.8) is 0 Å². The normalized spacial score (nSPS) is 19.8. The molecule has 1 fully saturated rings. The van der Waals surface area contributed by atoms with Gasteiger partial charge in [0.15, 0.2) is 11.6 Å². The van der Waals surface area contributed by atoms with E-state index in [1.807, 2.05) is 13.0 Å². The Labute approximate surface area is 114 Å². The molecule has 19 heavy (non-hydrogen) atoms. The quantitative estimate of drug-likeness (QED) is 0.858. The third kappa shape index (κ3) is 3.67. The SMILES string of the molecule is CCOc1ccc(CC2CCCN2CCN)cc1F. The molecule has 3 nitrogen and oxygen atoms in total. The predicted molar refractivity (Wildman–Crippen MR) is 74.9 cm³/mol. The maximum Gasteiger partial charge on any atom is 0.165 e. The molecule has 0 amide bonds. The first-order valence-corrected chi connectivity index (χ1v) is 7.10. The molecule has 0 saturated carbocycles. The molecular formula is C15H23FN2O. The van der Waals surface area contributed by atoms with Crippen LogP contribution in [0.15, 0.2) is 18.2 Å². The molecule has 1 aliphatic rings. The highest BCUT2D eigenvalue weighted by Gasteiger charge is 2.24. The topological polar surface area (TPSA) is 38.5 Å². The maximum atomic E-state index is 13.8. The first-order chi connectivity index (χ1) is 9.24. The van der Waals surface area contributed by atoms with E-state index >= 15 is 0 Å². The second kappa shape index (κ2) is 6.87. The average molecular weight is 266 g/mol. The summed E-state index contributed by atoms with van der Waals surface area (Å²) in [5, 5.41) is 0. The summed E-state index contributed by atoms with van der Waals surface area (Å²) in [5.41, 5.74) is 6.66. The largest absolute Gasteiger partial charge is 0.491 e. The van der Waals surface area contributed by atoms with Gasteiger partial charge in [0.1, 0.15) is 0 Å². The predicted octanol–water partition coefficient (Wildman–Crippen LogP) is 2.19. The number of benzene rings is 1. The fraction of sp³-hybridized carbons (Fsp3) is 0.600. The Morgan fingerprint density at radius 1 is 1.47 bits per heavy atom. The fourth-order valence-corrected chi connectivity index (χ4v) is 2.80. The summed E-state index contributed by atoms with van der Waals surface area (Å²) in [7, 11) is 0. The molecule has 0 aliphatic carbocycles. The lowest BCUT2D eigenvalue weighted by molar-refractivity contribution is 0.259. The van der Waals surface area contributed by atoms with Gasteiger partial charge in [-0.2, -0.15) is 0 Å². The molecule has 1 aromatic rings. The van der Waals surface area contributed by atoms with Gasteiger partial charge in [0.05, 0.1) is 6.61 Å². The highest BCUT2D eigenvalue weighted by Crippen LogP contribution is 2.23. The van der Waals surface area contributed by atoms with E-state index in [9.17, 15) is 4.39 Å². The van der Waals surface area contributed by atoms with E-state index in [4.69, 9.17) is 10.5 Å². The smallest absolute Gasteiger partial charge is 0.165 e. The van der Waals surface area contributed by atoms with Crippen LogP contribution in [0.3, 0.4) is 0 Å². The monoisotopic (exact) mass is 266 g/mol. The Morgan fingerprint density at radius 3 is 3.00 bits per heavy atom. The van der Waals surface area contributed by atoms with Crippen LogP contribution in [0.1, 0.15) is 25.3 Å². The first-order valence-electron chi connectivity index (χ1n) is 7.10. The Hall–Kier alpha value is -1.13. The summed E-state index contributed by atoms with van der Waals surface area (Å²) in [6, 6.07) is 5.80. The minimum absolute atomic E-state index is 0.261. The van der Waals surface area contributed by atoms with Crippen molar-refractivity contribution in [3.8, 4) is 5.75 Å². The molecule has 1 aromatic carbocycles. The second-order valence-corrected chi connectivity index (χ2v) is 5.02. The minimum Gasteiger partial charge on any atom is -0.491 e. The van der Waals surface area contributed by atoms with Crippen molar-refractivity contribution in [2.75, 3.05) is 26.2 Å². The summed E-state index contributed by atoms with van der Waals surface area (Å²) < 4.78 is 19.0. The highest BCUT2D eigenvalue weighted by molar-refractivity contribution is 5.30. The van der Waals surface area contributed by atoms with E-state index in [0.29, 0.717) is 24.9 Å². The number of halogens is 1. The van der Waals surface area contributed by atoms with Crippen molar-refractivity contribution < 1.29 is 9.13 Å². The Balaban J connectivity index is 2.00. The summed E-state index contributed by atoms with van der Waals surface area (Å²) in [6.45, 7) is 5.08. The molecule has 2 N–H and O–H groups in total. The Bertz CT molecular complexity index is 411. The van der Waals surface area contributed by atoms with Crippen LogP contribution < -0.4 is 10.5 Å². The number of nitrogens with zero attached hydrogens (tertiary/aromatic N) is 1. The average Bonchev–Trinajstić information content (AvgIpc) is 2.81. The molecule has 0 bridgehead atoms. The fourth-order valence-electron chi connectivity index (χ4n) is 2.80. The molecule has 1 aliphatic heterocycles. The van der Waals surface area contributed by atoms with Crippen LogP contribution in [0.4, 0.5) is 4.39 Å². The van der Waals surface area contributed by atoms with Crippen LogP contribution >= 0.6 is 0 Å². The number of hydrogen-bond donors (Lipinski definition) is 1. The van der Waals surface area contributed by atoms with Gasteiger partial charge in [-0.3, -0.25) is 4.90 Å². The molecule has 0 radical (unpaired) electrons. The number of nitrogens with two attached hydrogens (primary N) is 1. The summed E-state index contributed by atoms with van der Waals surface area (Å²) in [6.07, 6.45) is 3.28. The van der Waals surface area contributed by atoms with Gasteiger partial charge in [-0.15, -0.1) is 0 Å². The van der Waals surface area contributed by atoms with Gasteiger partial charge in [0, 0.05) is 19.1 Å². The molecular weight excluding hydrogens is 243 g/mol. The van der Waals surface area contributed by atoms with Crippen molar-refractivity contribution in [1.29, 1.82) is 0 Å². The molecule has 1 saturated heterocycles. The van der Waals surface area contributed by atoms with E-state index in [1.54, 1.807) is 12.1 Å². The number of likely N-dealkylation sites (tertiary alicyclic amines) is 1. The van der Waals surface area contributed by atoms with E-state index in [1.165, 1.54) is 12.8 Å². The number of rotatable bonds is 6. The number of hydrogen-bond acceptors (Lipinski definition) is 3. The van der Waals surface area contributed by atoms with E-state index in [-0.39, 0.29) is 5.82 Å². The van der Waals surface area contributed by atoms with E-state index < -0.39 is 0 Å². The molecule has 4 heteroatoms. The van der Waals surface area contributed by atoms with E-state index in [0.717, 1.165) is 25.1 Å². The van der Waals surface area contributed by atoms with Crippen molar-refractivity contribution >= 4 is 0 Å². The number of ether oxygens (including phenoxy) is 1. The van der Waals surface area contributed by atoms with Crippen molar-refractivity contribution in [3.05, 3.63) is 29.6 Å². The van der Waals surface area contributed by atoms with Crippen LogP contribution in [-0.2, 0) is 6.42 Å². The minimum atomic E-state index is -0.261. The summed E-state index contributed by atoms with van der Waals surface area (Å²) >= 11 is 0. The zero-order valence-corrected chi connectivity index (χ0v) is 11.6. The van der Waals surface area contributed by atoms with Gasteiger partial charge in [0.25, 0.3) is 0 Å². The summed E-state index contributed by atoms with van der Waals surface area (Å²) in [4.78, 5) is 2.41. The highest BCUT2D eigenvalue weighted by atomic mass is 19.1. The van der Waals surface area contributed by atoms with Crippen LogP contribution in [0.25, 0.3) is 0 Å².